The largest absolute Gasteiger partial charge is 0.322 e. The Morgan fingerprint density at radius 1 is 1.09 bits per heavy atom. The number of benzene rings is 2. The van der Waals surface area contributed by atoms with Crippen molar-refractivity contribution in [2.75, 3.05) is 5.32 Å². The first-order valence-electron chi connectivity index (χ1n) is 6.80. The average molecular weight is 353 g/mol. The highest BCUT2D eigenvalue weighted by Crippen LogP contribution is 2.17. The molecule has 1 aromatic heterocycles. The summed E-state index contributed by atoms with van der Waals surface area (Å²) in [6.07, 6.45) is 5.04. The molecule has 0 atom stereocenters. The summed E-state index contributed by atoms with van der Waals surface area (Å²) < 4.78 is 1.01. The van der Waals surface area contributed by atoms with Crippen molar-refractivity contribution in [2.45, 2.75) is 0 Å². The molecular weight excluding hydrogens is 340 g/mol. The first-order valence-corrected chi connectivity index (χ1v) is 7.59. The lowest BCUT2D eigenvalue weighted by atomic mass is 10.2. The molecule has 1 N–H and O–H groups in total. The molecule has 4 heteroatoms. The van der Waals surface area contributed by atoms with Gasteiger partial charge in [-0.25, -0.2) is 0 Å². The van der Waals surface area contributed by atoms with Crippen molar-refractivity contribution in [2.24, 2.45) is 0 Å². The molecule has 0 saturated carbocycles. The standard InChI is InChI=1S/C18H13BrN2O/c19-15-7-3-13(4-8-15)5-10-18(22)21-16-9-6-14-2-1-11-20-17(14)12-16/h1-12H,(H,21,22)/b10-5+. The van der Waals surface area contributed by atoms with Crippen LogP contribution in [0.25, 0.3) is 17.0 Å². The number of fused-ring (bicyclic) bond motifs is 1. The Bertz CT molecular complexity index is 841. The van der Waals surface area contributed by atoms with E-state index in [0.717, 1.165) is 26.6 Å². The Labute approximate surface area is 136 Å². The van der Waals surface area contributed by atoms with E-state index in [2.05, 4.69) is 26.2 Å². The zero-order valence-electron chi connectivity index (χ0n) is 11.7. The third-order valence-electron chi connectivity index (χ3n) is 3.17. The van der Waals surface area contributed by atoms with Gasteiger partial charge in [-0.05, 0) is 42.0 Å². The second-order valence-corrected chi connectivity index (χ2v) is 5.70. The summed E-state index contributed by atoms with van der Waals surface area (Å²) in [4.78, 5) is 16.2. The van der Waals surface area contributed by atoms with E-state index in [1.165, 1.54) is 6.08 Å². The van der Waals surface area contributed by atoms with Crippen LogP contribution in [0.3, 0.4) is 0 Å². The van der Waals surface area contributed by atoms with Gasteiger partial charge in [0.1, 0.15) is 0 Å². The lowest BCUT2D eigenvalue weighted by molar-refractivity contribution is -0.111. The van der Waals surface area contributed by atoms with Gasteiger partial charge in [0.15, 0.2) is 0 Å². The van der Waals surface area contributed by atoms with Crippen LogP contribution in [0.5, 0.6) is 0 Å². The smallest absolute Gasteiger partial charge is 0.248 e. The molecule has 0 spiro atoms. The van der Waals surface area contributed by atoms with Gasteiger partial charge in [-0.3, -0.25) is 9.78 Å². The van der Waals surface area contributed by atoms with Crippen molar-refractivity contribution in [3.8, 4) is 0 Å². The topological polar surface area (TPSA) is 42.0 Å². The molecule has 0 aliphatic rings. The normalized spacial score (nSPS) is 11.0. The Morgan fingerprint density at radius 3 is 2.73 bits per heavy atom. The van der Waals surface area contributed by atoms with Gasteiger partial charge in [0.2, 0.25) is 5.91 Å². The van der Waals surface area contributed by atoms with Gasteiger partial charge in [-0.15, -0.1) is 0 Å². The van der Waals surface area contributed by atoms with Crippen LogP contribution >= 0.6 is 15.9 Å². The van der Waals surface area contributed by atoms with Crippen molar-refractivity contribution in [3.05, 3.63) is 76.9 Å². The molecule has 0 saturated heterocycles. The molecule has 0 fully saturated rings. The van der Waals surface area contributed by atoms with E-state index < -0.39 is 0 Å². The molecule has 2 aromatic carbocycles. The van der Waals surface area contributed by atoms with Crippen molar-refractivity contribution < 1.29 is 4.79 Å². The Hall–Kier alpha value is -2.46. The number of carbonyl (C=O) groups excluding carboxylic acids is 1. The van der Waals surface area contributed by atoms with Crippen molar-refractivity contribution in [1.29, 1.82) is 0 Å². The van der Waals surface area contributed by atoms with Gasteiger partial charge >= 0.3 is 0 Å². The molecule has 108 valence electrons. The minimum absolute atomic E-state index is 0.168. The van der Waals surface area contributed by atoms with E-state index >= 15 is 0 Å². The number of hydrogen-bond acceptors (Lipinski definition) is 2. The maximum Gasteiger partial charge on any atom is 0.248 e. The second-order valence-electron chi connectivity index (χ2n) is 4.79. The Morgan fingerprint density at radius 2 is 1.91 bits per heavy atom. The lowest BCUT2D eigenvalue weighted by Crippen LogP contribution is -2.07. The molecule has 3 nitrogen and oxygen atoms in total. The number of nitrogens with one attached hydrogen (secondary N) is 1. The molecule has 0 unspecified atom stereocenters. The highest BCUT2D eigenvalue weighted by atomic mass is 79.9. The molecule has 3 aromatic rings. The van der Waals surface area contributed by atoms with Crippen LogP contribution in [0.4, 0.5) is 5.69 Å². The van der Waals surface area contributed by atoms with Gasteiger partial charge in [0, 0.05) is 27.8 Å². The van der Waals surface area contributed by atoms with Crippen LogP contribution in [0, 0.1) is 0 Å². The van der Waals surface area contributed by atoms with E-state index in [1.54, 1.807) is 12.3 Å². The average Bonchev–Trinajstić information content (AvgIpc) is 2.54. The zero-order chi connectivity index (χ0) is 15.4. The molecule has 3 rings (SSSR count). The quantitative estimate of drug-likeness (QED) is 0.697. The monoisotopic (exact) mass is 352 g/mol. The van der Waals surface area contributed by atoms with Crippen LogP contribution in [0.15, 0.2) is 71.3 Å². The number of nitrogens with zero attached hydrogens (tertiary/aromatic N) is 1. The number of anilines is 1. The van der Waals surface area contributed by atoms with Crippen LogP contribution in [-0.4, -0.2) is 10.9 Å². The summed E-state index contributed by atoms with van der Waals surface area (Å²) in [5, 5.41) is 3.89. The van der Waals surface area contributed by atoms with E-state index in [-0.39, 0.29) is 5.91 Å². The maximum atomic E-state index is 12.0. The Balaban J connectivity index is 1.71. The van der Waals surface area contributed by atoms with E-state index in [1.807, 2.05) is 54.6 Å². The summed E-state index contributed by atoms with van der Waals surface area (Å²) in [7, 11) is 0. The number of halogens is 1. The summed E-state index contributed by atoms with van der Waals surface area (Å²) in [5.41, 5.74) is 2.56. The first kappa shape index (κ1) is 14.5. The number of hydrogen-bond donors (Lipinski definition) is 1. The molecule has 22 heavy (non-hydrogen) atoms. The van der Waals surface area contributed by atoms with Crippen molar-refractivity contribution in [3.63, 3.8) is 0 Å². The summed E-state index contributed by atoms with van der Waals surface area (Å²) in [6.45, 7) is 0. The van der Waals surface area contributed by atoms with Crippen molar-refractivity contribution in [1.82, 2.24) is 4.98 Å². The third kappa shape index (κ3) is 3.59. The fourth-order valence-corrected chi connectivity index (χ4v) is 2.34. The second kappa shape index (κ2) is 6.54. The van der Waals surface area contributed by atoms with Gasteiger partial charge in [0.25, 0.3) is 0 Å². The molecule has 0 bridgehead atoms. The van der Waals surface area contributed by atoms with Gasteiger partial charge in [-0.1, -0.05) is 40.2 Å². The van der Waals surface area contributed by atoms with Crippen LogP contribution < -0.4 is 5.32 Å². The van der Waals surface area contributed by atoms with Gasteiger partial charge in [0.05, 0.1) is 5.52 Å². The Kier molecular flexibility index (Phi) is 4.30. The summed E-state index contributed by atoms with van der Waals surface area (Å²) in [5.74, 6) is -0.168. The van der Waals surface area contributed by atoms with Crippen LogP contribution in [0.2, 0.25) is 0 Å². The van der Waals surface area contributed by atoms with E-state index in [0.29, 0.717) is 0 Å². The van der Waals surface area contributed by atoms with Crippen LogP contribution in [-0.2, 0) is 4.79 Å². The first-order chi connectivity index (χ1) is 10.7. The molecule has 0 aliphatic carbocycles. The predicted octanol–water partition coefficient (Wildman–Crippen LogP) is 4.65. The lowest BCUT2D eigenvalue weighted by Gasteiger charge is -2.03. The SMILES string of the molecule is O=C(/C=C/c1ccc(Br)cc1)Nc1ccc2cccnc2c1. The molecule has 1 heterocycles. The molecule has 1 amide bonds. The zero-order valence-corrected chi connectivity index (χ0v) is 13.2. The number of aromatic nitrogens is 1. The van der Waals surface area contributed by atoms with E-state index in [4.69, 9.17) is 0 Å². The highest BCUT2D eigenvalue weighted by Gasteiger charge is 2.00. The summed E-state index contributed by atoms with van der Waals surface area (Å²) >= 11 is 3.38. The minimum atomic E-state index is -0.168. The minimum Gasteiger partial charge on any atom is -0.322 e. The maximum absolute atomic E-state index is 12.0. The number of amides is 1. The highest BCUT2D eigenvalue weighted by molar-refractivity contribution is 9.10. The molecule has 0 radical (unpaired) electrons. The third-order valence-corrected chi connectivity index (χ3v) is 3.70. The predicted molar refractivity (Wildman–Crippen MR) is 93.5 cm³/mol. The molecular formula is C18H13BrN2O. The van der Waals surface area contributed by atoms with Gasteiger partial charge in [-0.2, -0.15) is 0 Å². The molecule has 0 aliphatic heterocycles. The van der Waals surface area contributed by atoms with Gasteiger partial charge < -0.3 is 5.32 Å². The summed E-state index contributed by atoms with van der Waals surface area (Å²) in [6, 6.07) is 17.3. The number of pyridine rings is 1. The fraction of sp³-hybridized carbons (Fsp3) is 0. The van der Waals surface area contributed by atoms with E-state index in [9.17, 15) is 4.79 Å². The number of carbonyl (C=O) groups is 1. The fourth-order valence-electron chi connectivity index (χ4n) is 2.07. The number of rotatable bonds is 3. The van der Waals surface area contributed by atoms with Crippen LogP contribution in [0.1, 0.15) is 5.56 Å². The van der Waals surface area contributed by atoms with Crippen molar-refractivity contribution >= 4 is 44.5 Å².